The van der Waals surface area contributed by atoms with E-state index in [9.17, 15) is 4.79 Å². The van der Waals surface area contributed by atoms with Crippen LogP contribution in [0.1, 0.15) is 99.3 Å². The zero-order valence-corrected chi connectivity index (χ0v) is 17.6. The van der Waals surface area contributed by atoms with Gasteiger partial charge in [0.25, 0.3) is 0 Å². The van der Waals surface area contributed by atoms with Gasteiger partial charge in [-0.15, -0.1) is 0 Å². The fourth-order valence-corrected chi connectivity index (χ4v) is 2.69. The Kier molecular flexibility index (Phi) is 14.1. The van der Waals surface area contributed by atoms with Gasteiger partial charge < -0.3 is 4.79 Å². The lowest BCUT2D eigenvalue weighted by atomic mass is 10.0. The first-order valence-corrected chi connectivity index (χ1v) is 9.91. The van der Waals surface area contributed by atoms with Crippen LogP contribution in [0.4, 0.5) is 0 Å². The second-order valence-corrected chi connectivity index (χ2v) is 7.64. The second kappa shape index (κ2) is 14.9. The molecule has 0 saturated heterocycles. The summed E-state index contributed by atoms with van der Waals surface area (Å²) in [6.45, 7) is 12.7. The van der Waals surface area contributed by atoms with Gasteiger partial charge in [-0.3, -0.25) is 0 Å². The Bertz CT molecular complexity index is 496. The van der Waals surface area contributed by atoms with Crippen molar-refractivity contribution >= 4 is 5.78 Å². The summed E-state index contributed by atoms with van der Waals surface area (Å²) in [5.74, 6) is 0.297. The van der Waals surface area contributed by atoms with E-state index in [0.717, 1.165) is 38.5 Å². The Balaban J connectivity index is 3.95. The quantitative estimate of drug-likeness (QED) is 0.245. The van der Waals surface area contributed by atoms with E-state index in [-0.39, 0.29) is 0 Å². The van der Waals surface area contributed by atoms with Crippen molar-refractivity contribution in [1.29, 1.82) is 0 Å². The molecule has 142 valence electrons. The Morgan fingerprint density at radius 1 is 0.560 bits per heavy atom. The van der Waals surface area contributed by atoms with Gasteiger partial charge in [-0.2, -0.15) is 0 Å². The van der Waals surface area contributed by atoms with Gasteiger partial charge in [0, 0.05) is 6.42 Å². The van der Waals surface area contributed by atoms with Crippen LogP contribution in [-0.4, -0.2) is 5.78 Å². The number of hydrogen-bond acceptors (Lipinski definition) is 1. The molecule has 1 heteroatoms. The van der Waals surface area contributed by atoms with E-state index < -0.39 is 0 Å². The molecule has 0 aliphatic carbocycles. The Morgan fingerprint density at radius 2 is 0.960 bits per heavy atom. The van der Waals surface area contributed by atoms with Gasteiger partial charge in [-0.05, 0) is 92.9 Å². The molecule has 0 spiro atoms. The molecular formula is C24H40O. The SMILES string of the molecule is CC(=O)CCCC=C(C)CCC=C(C)CCC=C(C)CCC=C(C)C. The molecule has 0 aromatic rings. The first-order valence-electron chi connectivity index (χ1n) is 9.91. The highest BCUT2D eigenvalue weighted by atomic mass is 16.1. The Hall–Kier alpha value is -1.37. The van der Waals surface area contributed by atoms with Crippen LogP contribution >= 0.6 is 0 Å². The Morgan fingerprint density at radius 3 is 1.36 bits per heavy atom. The minimum Gasteiger partial charge on any atom is -0.300 e. The zero-order chi connectivity index (χ0) is 19.1. The van der Waals surface area contributed by atoms with Crippen molar-refractivity contribution < 1.29 is 4.79 Å². The number of Topliss-reactive ketones (excluding diaryl/α,β-unsaturated/α-hetero) is 1. The number of hydrogen-bond donors (Lipinski definition) is 0. The lowest BCUT2D eigenvalue weighted by Gasteiger charge is -2.03. The van der Waals surface area contributed by atoms with Gasteiger partial charge in [0.15, 0.2) is 0 Å². The second-order valence-electron chi connectivity index (χ2n) is 7.64. The van der Waals surface area contributed by atoms with E-state index in [4.69, 9.17) is 0 Å². The molecule has 0 rings (SSSR count). The van der Waals surface area contributed by atoms with Gasteiger partial charge in [-0.25, -0.2) is 0 Å². The molecule has 25 heavy (non-hydrogen) atoms. The van der Waals surface area contributed by atoms with Gasteiger partial charge in [-0.1, -0.05) is 46.6 Å². The summed E-state index contributed by atoms with van der Waals surface area (Å²) < 4.78 is 0. The summed E-state index contributed by atoms with van der Waals surface area (Å²) in [5, 5.41) is 0. The molecule has 0 N–H and O–H groups in total. The third-order valence-electron chi connectivity index (χ3n) is 4.38. The lowest BCUT2D eigenvalue weighted by Crippen LogP contribution is -1.88. The molecule has 0 heterocycles. The molecule has 0 unspecified atom stereocenters. The smallest absolute Gasteiger partial charge is 0.129 e. The number of ketones is 1. The molecule has 0 radical (unpaired) electrons. The Labute approximate surface area is 157 Å². The van der Waals surface area contributed by atoms with Gasteiger partial charge >= 0.3 is 0 Å². The summed E-state index contributed by atoms with van der Waals surface area (Å²) in [7, 11) is 0. The largest absolute Gasteiger partial charge is 0.300 e. The third-order valence-corrected chi connectivity index (χ3v) is 4.38. The molecular weight excluding hydrogens is 304 g/mol. The van der Waals surface area contributed by atoms with E-state index in [1.54, 1.807) is 6.92 Å². The topological polar surface area (TPSA) is 17.1 Å². The number of allylic oxidation sites excluding steroid dienone is 8. The first kappa shape index (κ1) is 23.6. The molecule has 0 aromatic carbocycles. The number of carbonyl (C=O) groups excluding carboxylic acids is 1. The lowest BCUT2D eigenvalue weighted by molar-refractivity contribution is -0.117. The molecule has 0 amide bonds. The van der Waals surface area contributed by atoms with Crippen molar-refractivity contribution in [1.82, 2.24) is 0 Å². The number of unbranched alkanes of at least 4 members (excludes halogenated alkanes) is 1. The molecule has 0 aliphatic rings. The van der Waals surface area contributed by atoms with Crippen molar-refractivity contribution in [3.63, 3.8) is 0 Å². The van der Waals surface area contributed by atoms with E-state index in [1.807, 2.05) is 0 Å². The predicted molar refractivity (Wildman–Crippen MR) is 113 cm³/mol. The number of rotatable bonds is 13. The maximum atomic E-state index is 10.9. The average Bonchev–Trinajstić information content (AvgIpc) is 2.51. The third kappa shape index (κ3) is 17.2. The average molecular weight is 345 g/mol. The summed E-state index contributed by atoms with van der Waals surface area (Å²) in [5.41, 5.74) is 5.87. The highest BCUT2D eigenvalue weighted by Crippen LogP contribution is 2.14. The standard InChI is InChI=1S/C24H40O/c1-20(2)12-9-14-22(4)16-11-18-23(5)17-10-15-21(3)13-7-8-19-24(6)25/h12-13,16-17H,7-11,14-15,18-19H2,1-6H3. The molecule has 0 aliphatic heterocycles. The van der Waals surface area contributed by atoms with Gasteiger partial charge in [0.05, 0.1) is 0 Å². The van der Waals surface area contributed by atoms with Gasteiger partial charge in [0.1, 0.15) is 5.78 Å². The predicted octanol–water partition coefficient (Wildman–Crippen LogP) is 7.89. The normalized spacial score (nSPS) is 13.1. The molecule has 0 saturated carbocycles. The van der Waals surface area contributed by atoms with Gasteiger partial charge in [0.2, 0.25) is 0 Å². The fraction of sp³-hybridized carbons (Fsp3) is 0.625. The van der Waals surface area contributed by atoms with Crippen LogP contribution in [0.25, 0.3) is 0 Å². The molecule has 0 aromatic heterocycles. The van der Waals surface area contributed by atoms with Crippen molar-refractivity contribution in [3.8, 4) is 0 Å². The van der Waals surface area contributed by atoms with E-state index in [2.05, 4.69) is 58.9 Å². The summed E-state index contributed by atoms with van der Waals surface area (Å²) in [6.07, 6.45) is 19.1. The van der Waals surface area contributed by atoms with Crippen LogP contribution < -0.4 is 0 Å². The maximum Gasteiger partial charge on any atom is 0.129 e. The van der Waals surface area contributed by atoms with Crippen LogP contribution in [0.3, 0.4) is 0 Å². The first-order chi connectivity index (χ1) is 11.8. The summed E-state index contributed by atoms with van der Waals surface area (Å²) in [6, 6.07) is 0. The van der Waals surface area contributed by atoms with Crippen LogP contribution in [0.2, 0.25) is 0 Å². The molecule has 0 bridgehead atoms. The van der Waals surface area contributed by atoms with Crippen LogP contribution in [0, 0.1) is 0 Å². The van der Waals surface area contributed by atoms with Crippen molar-refractivity contribution in [2.45, 2.75) is 99.3 Å². The summed E-state index contributed by atoms with van der Waals surface area (Å²) in [4.78, 5) is 10.9. The molecule has 0 fully saturated rings. The van der Waals surface area contributed by atoms with Crippen molar-refractivity contribution in [2.75, 3.05) is 0 Å². The summed E-state index contributed by atoms with van der Waals surface area (Å²) >= 11 is 0. The molecule has 0 atom stereocenters. The van der Waals surface area contributed by atoms with Crippen molar-refractivity contribution in [2.24, 2.45) is 0 Å². The van der Waals surface area contributed by atoms with E-state index in [1.165, 1.54) is 35.1 Å². The highest BCUT2D eigenvalue weighted by molar-refractivity contribution is 5.75. The zero-order valence-electron chi connectivity index (χ0n) is 17.6. The minimum absolute atomic E-state index is 0.297. The number of carbonyl (C=O) groups is 1. The van der Waals surface area contributed by atoms with Crippen LogP contribution in [-0.2, 0) is 4.79 Å². The molecule has 1 nitrogen and oxygen atoms in total. The minimum atomic E-state index is 0.297. The highest BCUT2D eigenvalue weighted by Gasteiger charge is 1.95. The van der Waals surface area contributed by atoms with Crippen LogP contribution in [0.15, 0.2) is 46.6 Å². The monoisotopic (exact) mass is 344 g/mol. The van der Waals surface area contributed by atoms with E-state index >= 15 is 0 Å². The maximum absolute atomic E-state index is 10.9. The van der Waals surface area contributed by atoms with Crippen LogP contribution in [0.5, 0.6) is 0 Å². The fourth-order valence-electron chi connectivity index (χ4n) is 2.69. The van der Waals surface area contributed by atoms with E-state index in [0.29, 0.717) is 12.2 Å². The van der Waals surface area contributed by atoms with Crippen molar-refractivity contribution in [3.05, 3.63) is 46.6 Å².